The molecule has 60 valence electrons. The van der Waals surface area contributed by atoms with Crippen LogP contribution in [0.1, 0.15) is 32.6 Å². The van der Waals surface area contributed by atoms with E-state index in [1.807, 2.05) is 0 Å². The summed E-state index contributed by atoms with van der Waals surface area (Å²) in [5, 5.41) is 3.19. The number of nitrogens with one attached hydrogen (secondary N) is 1. The van der Waals surface area contributed by atoms with Crippen LogP contribution >= 0.6 is 0 Å². The van der Waals surface area contributed by atoms with Gasteiger partial charge in [-0.3, -0.25) is 0 Å². The van der Waals surface area contributed by atoms with E-state index in [1.54, 1.807) is 0 Å². The molecule has 0 bridgehead atoms. The molecule has 1 nitrogen and oxygen atoms in total. The molecule has 0 amide bonds. The molecule has 1 aliphatic rings. The summed E-state index contributed by atoms with van der Waals surface area (Å²) in [7, 11) is 0. The van der Waals surface area contributed by atoms with Crippen LogP contribution in [0.4, 0.5) is 4.39 Å². The maximum Gasteiger partial charge on any atom is 0.113 e. The van der Waals surface area contributed by atoms with Gasteiger partial charge in [-0.15, -0.1) is 0 Å². The van der Waals surface area contributed by atoms with Gasteiger partial charge in [0.25, 0.3) is 0 Å². The van der Waals surface area contributed by atoms with E-state index in [-0.39, 0.29) is 0 Å². The maximum atomic E-state index is 12.5. The van der Waals surface area contributed by atoms with Gasteiger partial charge in [0.05, 0.1) is 0 Å². The second-order valence-electron chi connectivity index (χ2n) is 3.07. The molecule has 0 radical (unpaired) electrons. The van der Waals surface area contributed by atoms with Gasteiger partial charge in [0.2, 0.25) is 0 Å². The lowest BCUT2D eigenvalue weighted by atomic mass is 10.0. The average Bonchev–Trinajstić information content (AvgIpc) is 1.95. The van der Waals surface area contributed by atoms with E-state index in [0.717, 1.165) is 12.8 Å². The Morgan fingerprint density at radius 1 is 1.50 bits per heavy atom. The standard InChI is InChI=1S/C8H16FN/c1-2-3-8-5-4-7(9)6-10-8/h7-8,10H,2-6H2,1H3. The van der Waals surface area contributed by atoms with E-state index in [9.17, 15) is 4.39 Å². The molecule has 1 saturated heterocycles. The molecule has 2 unspecified atom stereocenters. The van der Waals surface area contributed by atoms with Crippen LogP contribution in [0.15, 0.2) is 0 Å². The Kier molecular flexibility index (Phi) is 3.13. The minimum Gasteiger partial charge on any atom is -0.311 e. The molecule has 0 spiro atoms. The highest BCUT2D eigenvalue weighted by molar-refractivity contribution is 4.76. The van der Waals surface area contributed by atoms with Gasteiger partial charge < -0.3 is 5.32 Å². The smallest absolute Gasteiger partial charge is 0.113 e. The Labute approximate surface area is 62.0 Å². The van der Waals surface area contributed by atoms with Crippen LogP contribution in [0.2, 0.25) is 0 Å². The first-order valence-corrected chi connectivity index (χ1v) is 4.20. The van der Waals surface area contributed by atoms with Gasteiger partial charge in [-0.05, 0) is 19.3 Å². The summed E-state index contributed by atoms with van der Waals surface area (Å²) in [4.78, 5) is 0. The molecule has 1 heterocycles. The number of hydrogen-bond donors (Lipinski definition) is 1. The van der Waals surface area contributed by atoms with Gasteiger partial charge in [0.15, 0.2) is 0 Å². The number of piperidine rings is 1. The lowest BCUT2D eigenvalue weighted by molar-refractivity contribution is 0.227. The van der Waals surface area contributed by atoms with Crippen LogP contribution in [0.5, 0.6) is 0 Å². The molecule has 0 aliphatic carbocycles. The second kappa shape index (κ2) is 3.91. The van der Waals surface area contributed by atoms with Gasteiger partial charge in [0, 0.05) is 12.6 Å². The normalized spacial score (nSPS) is 34.2. The zero-order valence-electron chi connectivity index (χ0n) is 6.57. The zero-order valence-corrected chi connectivity index (χ0v) is 6.57. The molecular weight excluding hydrogens is 129 g/mol. The van der Waals surface area contributed by atoms with Gasteiger partial charge in [-0.1, -0.05) is 13.3 Å². The summed E-state index contributed by atoms with van der Waals surface area (Å²) < 4.78 is 12.5. The second-order valence-corrected chi connectivity index (χ2v) is 3.07. The van der Waals surface area contributed by atoms with Crippen molar-refractivity contribution in [1.29, 1.82) is 0 Å². The first-order valence-electron chi connectivity index (χ1n) is 4.20. The van der Waals surface area contributed by atoms with Crippen molar-refractivity contribution >= 4 is 0 Å². The van der Waals surface area contributed by atoms with E-state index in [4.69, 9.17) is 0 Å². The van der Waals surface area contributed by atoms with Gasteiger partial charge in [-0.25, -0.2) is 4.39 Å². The highest BCUT2D eigenvalue weighted by atomic mass is 19.1. The van der Waals surface area contributed by atoms with Crippen molar-refractivity contribution in [2.75, 3.05) is 6.54 Å². The van der Waals surface area contributed by atoms with Gasteiger partial charge >= 0.3 is 0 Å². The molecule has 0 aromatic carbocycles. The topological polar surface area (TPSA) is 12.0 Å². The van der Waals surface area contributed by atoms with Crippen LogP contribution in [-0.2, 0) is 0 Å². The summed E-state index contributed by atoms with van der Waals surface area (Å²) in [6.07, 6.45) is 3.60. The SMILES string of the molecule is CCCC1CCC(F)CN1. The van der Waals surface area contributed by atoms with E-state index in [0.29, 0.717) is 12.6 Å². The van der Waals surface area contributed by atoms with Crippen LogP contribution in [0.3, 0.4) is 0 Å². The summed E-state index contributed by atoms with van der Waals surface area (Å²) in [5.41, 5.74) is 0. The van der Waals surface area contributed by atoms with Crippen molar-refractivity contribution in [2.24, 2.45) is 0 Å². The minimum atomic E-state index is -0.590. The summed E-state index contributed by atoms with van der Waals surface area (Å²) in [6.45, 7) is 2.74. The first kappa shape index (κ1) is 7.99. The fraction of sp³-hybridized carbons (Fsp3) is 1.00. The zero-order chi connectivity index (χ0) is 7.40. The predicted octanol–water partition coefficient (Wildman–Crippen LogP) is 1.88. The average molecular weight is 145 g/mol. The van der Waals surface area contributed by atoms with E-state index in [1.165, 1.54) is 12.8 Å². The maximum absolute atomic E-state index is 12.5. The molecule has 0 saturated carbocycles. The number of rotatable bonds is 2. The number of halogens is 1. The summed E-state index contributed by atoms with van der Waals surface area (Å²) >= 11 is 0. The molecule has 2 atom stereocenters. The molecule has 0 aromatic rings. The van der Waals surface area contributed by atoms with Crippen molar-refractivity contribution < 1.29 is 4.39 Å². The Morgan fingerprint density at radius 3 is 2.80 bits per heavy atom. The molecule has 1 rings (SSSR count). The van der Waals surface area contributed by atoms with Crippen LogP contribution < -0.4 is 5.32 Å². The third-order valence-electron chi connectivity index (χ3n) is 2.09. The molecular formula is C8H16FN. The quantitative estimate of drug-likeness (QED) is 0.625. The first-order chi connectivity index (χ1) is 4.83. The van der Waals surface area contributed by atoms with Crippen LogP contribution in [0, 0.1) is 0 Å². The van der Waals surface area contributed by atoms with Crippen molar-refractivity contribution in [2.45, 2.75) is 44.8 Å². The summed E-state index contributed by atoms with van der Waals surface area (Å²) in [6, 6.07) is 0.594. The van der Waals surface area contributed by atoms with Crippen molar-refractivity contribution in [1.82, 2.24) is 5.32 Å². The lowest BCUT2D eigenvalue weighted by Gasteiger charge is -2.25. The van der Waals surface area contributed by atoms with Crippen LogP contribution in [-0.4, -0.2) is 18.8 Å². The molecule has 1 fully saturated rings. The van der Waals surface area contributed by atoms with E-state index >= 15 is 0 Å². The fourth-order valence-electron chi connectivity index (χ4n) is 1.48. The lowest BCUT2D eigenvalue weighted by Crippen LogP contribution is -2.39. The van der Waals surface area contributed by atoms with E-state index < -0.39 is 6.17 Å². The van der Waals surface area contributed by atoms with Crippen molar-refractivity contribution in [3.05, 3.63) is 0 Å². The van der Waals surface area contributed by atoms with E-state index in [2.05, 4.69) is 12.2 Å². The van der Waals surface area contributed by atoms with Crippen molar-refractivity contribution in [3.8, 4) is 0 Å². The molecule has 0 aromatic heterocycles. The molecule has 10 heavy (non-hydrogen) atoms. The third-order valence-corrected chi connectivity index (χ3v) is 2.09. The van der Waals surface area contributed by atoms with Gasteiger partial charge in [-0.2, -0.15) is 0 Å². The van der Waals surface area contributed by atoms with Gasteiger partial charge in [0.1, 0.15) is 6.17 Å². The monoisotopic (exact) mass is 145 g/mol. The predicted molar refractivity (Wildman–Crippen MR) is 40.8 cm³/mol. The molecule has 2 heteroatoms. The Balaban J connectivity index is 2.13. The number of alkyl halides is 1. The van der Waals surface area contributed by atoms with Crippen molar-refractivity contribution in [3.63, 3.8) is 0 Å². The fourth-order valence-corrected chi connectivity index (χ4v) is 1.48. The largest absolute Gasteiger partial charge is 0.311 e. The minimum absolute atomic E-state index is 0.574. The Hall–Kier alpha value is -0.110. The Morgan fingerprint density at radius 2 is 2.30 bits per heavy atom. The molecule has 1 N–H and O–H groups in total. The summed E-state index contributed by atoms with van der Waals surface area (Å²) in [5.74, 6) is 0. The Bertz CT molecular complexity index is 87.3. The highest BCUT2D eigenvalue weighted by Gasteiger charge is 2.18. The van der Waals surface area contributed by atoms with Crippen LogP contribution in [0.25, 0.3) is 0 Å². The third kappa shape index (κ3) is 2.25. The highest BCUT2D eigenvalue weighted by Crippen LogP contribution is 2.13. The number of hydrogen-bond acceptors (Lipinski definition) is 1. The molecule has 1 aliphatic heterocycles.